The Morgan fingerprint density at radius 3 is 2.48 bits per heavy atom. The smallest absolute Gasteiger partial charge is 0.271 e. The van der Waals surface area contributed by atoms with Gasteiger partial charge in [0.2, 0.25) is 0 Å². The third kappa shape index (κ3) is 2.85. The van der Waals surface area contributed by atoms with Crippen LogP contribution in [-0.4, -0.2) is 29.4 Å². The molecule has 1 amide bonds. The topological polar surface area (TPSA) is 45.3 Å². The highest BCUT2D eigenvalue weighted by atomic mass is 16.5. The molecule has 0 saturated carbocycles. The molecule has 1 aromatic heterocycles. The molecule has 0 bridgehead atoms. The van der Waals surface area contributed by atoms with Gasteiger partial charge in [0.1, 0.15) is 11.4 Å². The summed E-state index contributed by atoms with van der Waals surface area (Å²) in [6, 6.07) is 16.4. The second kappa shape index (κ2) is 7.25. The maximum absolute atomic E-state index is 13.9. The largest absolute Gasteiger partial charge is 0.496 e. The molecule has 4 rings (SSSR count). The molecule has 0 spiro atoms. The second-order valence-electron chi connectivity index (χ2n) is 8.60. The first-order chi connectivity index (χ1) is 13.9. The molecule has 1 N–H and O–H groups in total. The number of nitrogens with one attached hydrogen (secondary N) is 1. The van der Waals surface area contributed by atoms with E-state index in [0.717, 1.165) is 29.6 Å². The first-order valence-electron chi connectivity index (χ1n) is 10.5. The quantitative estimate of drug-likeness (QED) is 0.650. The van der Waals surface area contributed by atoms with Gasteiger partial charge in [-0.2, -0.15) is 0 Å². The Hall–Kier alpha value is -2.75. The van der Waals surface area contributed by atoms with Crippen LogP contribution in [0.3, 0.4) is 0 Å². The molecule has 0 fully saturated rings. The van der Waals surface area contributed by atoms with Crippen molar-refractivity contribution in [2.24, 2.45) is 11.8 Å². The maximum Gasteiger partial charge on any atom is 0.271 e. The molecule has 1 aliphatic heterocycles. The normalized spacial score (nSPS) is 15.8. The SMILES string of the molecule is COc1cccc2[nH]c(C(=O)N3CCc4ccccc4C3(C(C)C)C(C)C)cc12. The maximum atomic E-state index is 13.9. The number of aromatic amines is 1. The van der Waals surface area contributed by atoms with E-state index < -0.39 is 0 Å². The molecule has 2 heterocycles. The van der Waals surface area contributed by atoms with Gasteiger partial charge < -0.3 is 14.6 Å². The fraction of sp³-hybridized carbons (Fsp3) is 0.400. The van der Waals surface area contributed by atoms with Crippen molar-refractivity contribution in [1.29, 1.82) is 0 Å². The van der Waals surface area contributed by atoms with Crippen LogP contribution in [-0.2, 0) is 12.0 Å². The van der Waals surface area contributed by atoms with Crippen molar-refractivity contribution in [1.82, 2.24) is 9.88 Å². The molecule has 1 aliphatic rings. The summed E-state index contributed by atoms with van der Waals surface area (Å²) in [5, 5.41) is 0.940. The average Bonchev–Trinajstić information content (AvgIpc) is 3.16. The van der Waals surface area contributed by atoms with Crippen molar-refractivity contribution in [2.45, 2.75) is 39.7 Å². The van der Waals surface area contributed by atoms with E-state index in [1.54, 1.807) is 7.11 Å². The van der Waals surface area contributed by atoms with E-state index in [4.69, 9.17) is 4.74 Å². The fourth-order valence-corrected chi connectivity index (χ4v) is 5.44. The zero-order chi connectivity index (χ0) is 20.8. The van der Waals surface area contributed by atoms with Crippen molar-refractivity contribution < 1.29 is 9.53 Å². The van der Waals surface area contributed by atoms with Crippen molar-refractivity contribution in [3.05, 3.63) is 65.4 Å². The number of ether oxygens (including phenoxy) is 1. The summed E-state index contributed by atoms with van der Waals surface area (Å²) in [5.74, 6) is 1.40. The number of H-pyrrole nitrogens is 1. The number of methoxy groups -OCH3 is 1. The van der Waals surface area contributed by atoms with Crippen LogP contribution in [0.5, 0.6) is 5.75 Å². The molecule has 29 heavy (non-hydrogen) atoms. The number of nitrogens with zero attached hydrogens (tertiary/aromatic N) is 1. The molecular weight excluding hydrogens is 360 g/mol. The molecule has 0 unspecified atom stereocenters. The zero-order valence-electron chi connectivity index (χ0n) is 18.0. The summed E-state index contributed by atoms with van der Waals surface area (Å²) >= 11 is 0. The van der Waals surface area contributed by atoms with Gasteiger partial charge in [-0.25, -0.2) is 0 Å². The molecule has 152 valence electrons. The number of benzene rings is 2. The minimum Gasteiger partial charge on any atom is -0.496 e. The molecule has 0 atom stereocenters. The standard InChI is InChI=1S/C25H30N2O2/c1-16(2)25(17(3)4)20-10-7-6-9-18(20)13-14-27(25)24(28)22-15-19-21(26-22)11-8-12-23(19)29-5/h6-12,15-17,26H,13-14H2,1-5H3. The van der Waals surface area contributed by atoms with E-state index in [1.165, 1.54) is 11.1 Å². The summed E-state index contributed by atoms with van der Waals surface area (Å²) in [6.45, 7) is 9.65. The Morgan fingerprint density at radius 2 is 1.79 bits per heavy atom. The van der Waals surface area contributed by atoms with Gasteiger partial charge in [0.15, 0.2) is 0 Å². The molecule has 3 aromatic rings. The van der Waals surface area contributed by atoms with Crippen molar-refractivity contribution in [3.63, 3.8) is 0 Å². The van der Waals surface area contributed by atoms with Gasteiger partial charge in [0.05, 0.1) is 12.6 Å². The molecular formula is C25H30N2O2. The van der Waals surface area contributed by atoms with Gasteiger partial charge in [0.25, 0.3) is 5.91 Å². The second-order valence-corrected chi connectivity index (χ2v) is 8.60. The molecule has 4 heteroatoms. The van der Waals surface area contributed by atoms with Crippen molar-refractivity contribution >= 4 is 16.8 Å². The highest BCUT2D eigenvalue weighted by Gasteiger charge is 2.49. The average molecular weight is 391 g/mol. The number of aromatic nitrogens is 1. The van der Waals surface area contributed by atoms with E-state index >= 15 is 0 Å². The Labute approximate surface area is 172 Å². The Balaban J connectivity index is 1.86. The Bertz CT molecular complexity index is 1040. The Kier molecular flexibility index (Phi) is 4.89. The number of carbonyl (C=O) groups excluding carboxylic acids is 1. The number of amides is 1. The number of hydrogen-bond donors (Lipinski definition) is 1. The highest BCUT2D eigenvalue weighted by molar-refractivity contribution is 6.00. The lowest BCUT2D eigenvalue weighted by molar-refractivity contribution is -0.00258. The monoisotopic (exact) mass is 390 g/mol. The van der Waals surface area contributed by atoms with Crippen LogP contribution in [0.15, 0.2) is 48.5 Å². The first kappa shape index (κ1) is 19.6. The third-order valence-corrected chi connectivity index (χ3v) is 6.58. The number of rotatable bonds is 4. The molecule has 0 aliphatic carbocycles. The lowest BCUT2D eigenvalue weighted by atomic mass is 9.67. The summed E-state index contributed by atoms with van der Waals surface area (Å²) < 4.78 is 5.49. The molecule has 4 nitrogen and oxygen atoms in total. The lowest BCUT2D eigenvalue weighted by Gasteiger charge is -2.53. The van der Waals surface area contributed by atoms with Gasteiger partial charge in [0, 0.05) is 17.4 Å². The van der Waals surface area contributed by atoms with Gasteiger partial charge in [-0.05, 0) is 47.6 Å². The van der Waals surface area contributed by atoms with Gasteiger partial charge in [-0.15, -0.1) is 0 Å². The fourth-order valence-electron chi connectivity index (χ4n) is 5.44. The van der Waals surface area contributed by atoms with Gasteiger partial charge >= 0.3 is 0 Å². The van der Waals surface area contributed by atoms with E-state index in [2.05, 4.69) is 61.8 Å². The summed E-state index contributed by atoms with van der Waals surface area (Å²) in [6.07, 6.45) is 0.882. The first-order valence-corrected chi connectivity index (χ1v) is 10.5. The number of carbonyl (C=O) groups is 1. The van der Waals surface area contributed by atoms with Crippen LogP contribution in [0.4, 0.5) is 0 Å². The summed E-state index contributed by atoms with van der Waals surface area (Å²) in [4.78, 5) is 19.3. The van der Waals surface area contributed by atoms with E-state index in [-0.39, 0.29) is 23.3 Å². The lowest BCUT2D eigenvalue weighted by Crippen LogP contribution is -2.59. The molecule has 0 radical (unpaired) electrons. The van der Waals surface area contributed by atoms with Crippen molar-refractivity contribution in [3.8, 4) is 5.75 Å². The van der Waals surface area contributed by atoms with Crippen LogP contribution < -0.4 is 4.74 Å². The zero-order valence-corrected chi connectivity index (χ0v) is 18.0. The number of fused-ring (bicyclic) bond motifs is 2. The Morgan fingerprint density at radius 1 is 1.07 bits per heavy atom. The van der Waals surface area contributed by atoms with E-state index in [9.17, 15) is 4.79 Å². The minimum absolute atomic E-state index is 0.0557. The molecule has 0 saturated heterocycles. The summed E-state index contributed by atoms with van der Waals surface area (Å²) in [5.41, 5.74) is 3.85. The predicted molar refractivity (Wildman–Crippen MR) is 117 cm³/mol. The molecule has 2 aromatic carbocycles. The van der Waals surface area contributed by atoms with E-state index in [0.29, 0.717) is 5.69 Å². The van der Waals surface area contributed by atoms with Crippen LogP contribution in [0.25, 0.3) is 10.9 Å². The minimum atomic E-state index is -0.340. The van der Waals surface area contributed by atoms with Gasteiger partial charge in [-0.3, -0.25) is 4.79 Å². The highest BCUT2D eigenvalue weighted by Crippen LogP contribution is 2.47. The van der Waals surface area contributed by atoms with Crippen LogP contribution in [0.2, 0.25) is 0 Å². The third-order valence-electron chi connectivity index (χ3n) is 6.58. The predicted octanol–water partition coefficient (Wildman–Crippen LogP) is 5.38. The van der Waals surface area contributed by atoms with Crippen molar-refractivity contribution in [2.75, 3.05) is 13.7 Å². The summed E-state index contributed by atoms with van der Waals surface area (Å²) in [7, 11) is 1.66. The van der Waals surface area contributed by atoms with Crippen LogP contribution in [0.1, 0.15) is 49.3 Å². The van der Waals surface area contributed by atoms with Crippen LogP contribution >= 0.6 is 0 Å². The van der Waals surface area contributed by atoms with E-state index in [1.807, 2.05) is 24.3 Å². The van der Waals surface area contributed by atoms with Crippen LogP contribution in [0, 0.1) is 11.8 Å². The number of hydrogen-bond acceptors (Lipinski definition) is 2. The van der Waals surface area contributed by atoms with Gasteiger partial charge in [-0.1, -0.05) is 58.0 Å².